The molecule has 0 fully saturated rings. The van der Waals surface area contributed by atoms with Crippen LogP contribution in [0.2, 0.25) is 0 Å². The minimum absolute atomic E-state index is 0.183. The van der Waals surface area contributed by atoms with Gasteiger partial charge in [0.1, 0.15) is 0 Å². The highest BCUT2D eigenvalue weighted by atomic mass is 31.1. The number of rotatable bonds is 6. The molecule has 0 amide bonds. The van der Waals surface area contributed by atoms with Crippen molar-refractivity contribution in [3.63, 3.8) is 0 Å². The number of hydrogen-bond donors (Lipinski definition) is 0. The quantitative estimate of drug-likeness (QED) is 0.409. The van der Waals surface area contributed by atoms with E-state index < -0.39 is 0 Å². The van der Waals surface area contributed by atoms with Gasteiger partial charge in [0.25, 0.3) is 0 Å². The van der Waals surface area contributed by atoms with E-state index in [4.69, 9.17) is 0 Å². The molecular weight excluding hydrogens is 319 g/mol. The first kappa shape index (κ1) is 25.4. The first-order valence-corrected chi connectivity index (χ1v) is 11.6. The summed E-state index contributed by atoms with van der Waals surface area (Å²) in [4.78, 5) is 0. The van der Waals surface area contributed by atoms with Crippen LogP contribution in [-0.4, -0.2) is 15.5 Å². The van der Waals surface area contributed by atoms with Gasteiger partial charge in [-0.1, -0.05) is 112 Å². The summed E-state index contributed by atoms with van der Waals surface area (Å²) >= 11 is 0. The summed E-state index contributed by atoms with van der Waals surface area (Å²) in [6, 6.07) is 0. The summed E-state index contributed by atoms with van der Waals surface area (Å²) in [6.45, 7) is 37.1. The van der Waals surface area contributed by atoms with Crippen LogP contribution in [0.1, 0.15) is 123 Å². The van der Waals surface area contributed by atoms with Gasteiger partial charge in [-0.15, -0.1) is 0 Å². The van der Waals surface area contributed by atoms with E-state index in [0.29, 0.717) is 31.7 Å². The SMILES string of the molecule is CC(C)(C)CC(C)(C)P(C(C)(C)CC(C)(C)C)C(C)(C)CC(C)(C)C. The maximum Gasteiger partial charge on any atom is -0.0136 e. The van der Waals surface area contributed by atoms with Gasteiger partial charge < -0.3 is 0 Å². The van der Waals surface area contributed by atoms with Crippen LogP contribution in [-0.2, 0) is 0 Å². The van der Waals surface area contributed by atoms with Crippen molar-refractivity contribution in [3.8, 4) is 0 Å². The van der Waals surface area contributed by atoms with Gasteiger partial charge in [0.05, 0.1) is 0 Å². The molecule has 1 heteroatoms. The Balaban J connectivity index is 6.14. The minimum Gasteiger partial charge on any atom is -0.0892 e. The summed E-state index contributed by atoms with van der Waals surface area (Å²) in [7, 11) is -0.183. The molecule has 152 valence electrons. The monoisotopic (exact) mass is 370 g/mol. The van der Waals surface area contributed by atoms with E-state index in [-0.39, 0.29) is 7.92 Å². The van der Waals surface area contributed by atoms with Gasteiger partial charge in [-0.25, -0.2) is 0 Å². The van der Waals surface area contributed by atoms with Crippen molar-refractivity contribution in [1.29, 1.82) is 0 Å². The molecule has 0 aromatic carbocycles. The summed E-state index contributed by atoms with van der Waals surface area (Å²) in [6.07, 6.45) is 3.90. The van der Waals surface area contributed by atoms with Gasteiger partial charge in [-0.2, -0.15) is 0 Å². The van der Waals surface area contributed by atoms with E-state index in [1.54, 1.807) is 0 Å². The highest BCUT2D eigenvalue weighted by Gasteiger charge is 2.51. The van der Waals surface area contributed by atoms with Crippen LogP contribution in [0.15, 0.2) is 0 Å². The Morgan fingerprint density at radius 2 is 0.520 bits per heavy atom. The predicted molar refractivity (Wildman–Crippen MR) is 121 cm³/mol. The second-order valence-corrected chi connectivity index (χ2v) is 18.3. The molecular formula is C24H51P. The van der Waals surface area contributed by atoms with E-state index in [1.165, 1.54) is 19.3 Å². The molecule has 0 aromatic rings. The standard InChI is InChI=1S/C24H51P/c1-19(2,3)16-22(10,11)25(23(12,13)17-20(4,5)6)24(14,15)18-21(7,8)9/h16-18H2,1-15H3. The van der Waals surface area contributed by atoms with Crippen LogP contribution in [0.5, 0.6) is 0 Å². The Kier molecular flexibility index (Phi) is 7.58. The van der Waals surface area contributed by atoms with Crippen molar-refractivity contribution in [2.45, 2.75) is 139 Å². The van der Waals surface area contributed by atoms with Crippen LogP contribution in [0.4, 0.5) is 0 Å². The van der Waals surface area contributed by atoms with Crippen molar-refractivity contribution < 1.29 is 0 Å². The van der Waals surface area contributed by atoms with Crippen molar-refractivity contribution >= 4 is 7.92 Å². The molecule has 0 aromatic heterocycles. The average Bonchev–Trinajstić information content (AvgIpc) is 1.98. The molecule has 0 unspecified atom stereocenters. The Hall–Kier alpha value is 0.430. The largest absolute Gasteiger partial charge is 0.0892 e. The van der Waals surface area contributed by atoms with Gasteiger partial charge in [-0.3, -0.25) is 0 Å². The predicted octanol–water partition coefficient (Wildman–Crippen LogP) is 9.11. The summed E-state index contributed by atoms with van der Waals surface area (Å²) in [5.74, 6) is 0. The Morgan fingerprint density at radius 1 is 0.360 bits per heavy atom. The third-order valence-electron chi connectivity index (χ3n) is 4.70. The molecule has 0 heterocycles. The van der Waals surface area contributed by atoms with E-state index in [0.717, 1.165) is 0 Å². The molecule has 0 saturated heterocycles. The topological polar surface area (TPSA) is 0 Å². The minimum atomic E-state index is -0.183. The lowest BCUT2D eigenvalue weighted by Gasteiger charge is -2.57. The Bertz CT molecular complexity index is 352. The fourth-order valence-corrected chi connectivity index (χ4v) is 13.4. The third-order valence-corrected chi connectivity index (χ3v) is 8.81. The van der Waals surface area contributed by atoms with E-state index in [2.05, 4.69) is 104 Å². The van der Waals surface area contributed by atoms with Crippen molar-refractivity contribution in [2.75, 3.05) is 0 Å². The van der Waals surface area contributed by atoms with Gasteiger partial charge in [0.2, 0.25) is 0 Å². The lowest BCUT2D eigenvalue weighted by Crippen LogP contribution is -2.44. The van der Waals surface area contributed by atoms with E-state index >= 15 is 0 Å². The van der Waals surface area contributed by atoms with Gasteiger partial charge in [-0.05, 0) is 51.0 Å². The highest BCUT2D eigenvalue weighted by molar-refractivity contribution is 7.62. The Morgan fingerprint density at radius 3 is 0.640 bits per heavy atom. The smallest absolute Gasteiger partial charge is 0.0136 e. The normalized spacial score (nSPS) is 15.8. The Labute approximate surface area is 163 Å². The molecule has 0 saturated carbocycles. The van der Waals surface area contributed by atoms with Crippen molar-refractivity contribution in [2.24, 2.45) is 16.2 Å². The van der Waals surface area contributed by atoms with Gasteiger partial charge in [0.15, 0.2) is 0 Å². The molecule has 25 heavy (non-hydrogen) atoms. The zero-order chi connectivity index (χ0) is 20.7. The molecule has 0 aliphatic heterocycles. The summed E-state index contributed by atoms with van der Waals surface area (Å²) in [5, 5.41) is 1.12. The van der Waals surface area contributed by atoms with E-state index in [9.17, 15) is 0 Å². The number of hydrogen-bond acceptors (Lipinski definition) is 0. The molecule has 0 N–H and O–H groups in total. The fraction of sp³-hybridized carbons (Fsp3) is 1.00. The van der Waals surface area contributed by atoms with Crippen molar-refractivity contribution in [3.05, 3.63) is 0 Å². The second-order valence-electron chi connectivity index (χ2n) is 14.0. The molecule has 0 aliphatic rings. The molecule has 0 atom stereocenters. The zero-order valence-electron chi connectivity index (χ0n) is 20.6. The lowest BCUT2D eigenvalue weighted by molar-refractivity contribution is 0.297. The molecule has 0 bridgehead atoms. The van der Waals surface area contributed by atoms with Crippen LogP contribution in [0, 0.1) is 16.2 Å². The van der Waals surface area contributed by atoms with E-state index in [1.807, 2.05) is 0 Å². The third kappa shape index (κ3) is 9.26. The average molecular weight is 371 g/mol. The molecule has 0 nitrogen and oxygen atoms in total. The highest BCUT2D eigenvalue weighted by Crippen LogP contribution is 2.72. The first-order valence-electron chi connectivity index (χ1n) is 10.3. The maximum atomic E-state index is 2.57. The summed E-state index contributed by atoms with van der Waals surface area (Å²) < 4.78 is 0. The van der Waals surface area contributed by atoms with Crippen molar-refractivity contribution in [1.82, 2.24) is 0 Å². The fourth-order valence-electron chi connectivity index (χ4n) is 6.59. The van der Waals surface area contributed by atoms with Crippen LogP contribution in [0.3, 0.4) is 0 Å². The molecule has 0 radical (unpaired) electrons. The molecule has 0 rings (SSSR count). The first-order chi connectivity index (χ1) is 10.5. The van der Waals surface area contributed by atoms with Gasteiger partial charge >= 0.3 is 0 Å². The van der Waals surface area contributed by atoms with Crippen LogP contribution < -0.4 is 0 Å². The van der Waals surface area contributed by atoms with Crippen LogP contribution >= 0.6 is 7.92 Å². The molecule has 0 spiro atoms. The zero-order valence-corrected chi connectivity index (χ0v) is 21.5. The summed E-state index contributed by atoms with van der Waals surface area (Å²) in [5.41, 5.74) is 1.12. The van der Waals surface area contributed by atoms with Crippen LogP contribution in [0.25, 0.3) is 0 Å². The maximum absolute atomic E-state index is 2.57. The lowest BCUT2D eigenvalue weighted by atomic mass is 9.84. The second kappa shape index (κ2) is 7.45. The van der Waals surface area contributed by atoms with Gasteiger partial charge in [0, 0.05) is 0 Å². The molecule has 0 aliphatic carbocycles.